The number of nitrogens with one attached hydrogen (secondary N) is 1. The summed E-state index contributed by atoms with van der Waals surface area (Å²) in [4.78, 5) is 12.4. The van der Waals surface area contributed by atoms with E-state index in [0.717, 1.165) is 34.0 Å². The van der Waals surface area contributed by atoms with Crippen molar-refractivity contribution >= 4 is 17.5 Å². The minimum absolute atomic E-state index is 0.0229. The lowest BCUT2D eigenvalue weighted by Gasteiger charge is -2.08. The van der Waals surface area contributed by atoms with Gasteiger partial charge in [-0.2, -0.15) is 5.10 Å². The van der Waals surface area contributed by atoms with E-state index in [0.29, 0.717) is 24.4 Å². The molecule has 0 aliphatic heterocycles. The van der Waals surface area contributed by atoms with E-state index in [-0.39, 0.29) is 5.91 Å². The van der Waals surface area contributed by atoms with E-state index >= 15 is 0 Å². The SMILES string of the molecule is COc1ccc(-n2nc(CCC(=O)NCc3cccc(Cl)c3)cc2-c2ccccc2)cc1. The van der Waals surface area contributed by atoms with E-state index in [2.05, 4.69) is 17.4 Å². The molecule has 0 saturated carbocycles. The Bertz CT molecular complexity index is 1190. The summed E-state index contributed by atoms with van der Waals surface area (Å²) in [5.41, 5.74) is 4.80. The Balaban J connectivity index is 1.48. The van der Waals surface area contributed by atoms with E-state index in [1.54, 1.807) is 7.11 Å². The maximum absolute atomic E-state index is 12.4. The number of benzene rings is 3. The van der Waals surface area contributed by atoms with Crippen LogP contribution in [0.25, 0.3) is 16.9 Å². The van der Waals surface area contributed by atoms with E-state index in [9.17, 15) is 4.79 Å². The Hall–Kier alpha value is -3.57. The number of hydrogen-bond donors (Lipinski definition) is 1. The molecule has 32 heavy (non-hydrogen) atoms. The van der Waals surface area contributed by atoms with E-state index in [1.165, 1.54) is 0 Å². The van der Waals surface area contributed by atoms with Crippen molar-refractivity contribution in [2.24, 2.45) is 0 Å². The molecule has 0 saturated heterocycles. The number of aromatic nitrogens is 2. The number of nitrogens with zero attached hydrogens (tertiary/aromatic N) is 2. The summed E-state index contributed by atoms with van der Waals surface area (Å²) in [7, 11) is 1.65. The van der Waals surface area contributed by atoms with Gasteiger partial charge >= 0.3 is 0 Å². The topological polar surface area (TPSA) is 56.2 Å². The highest BCUT2D eigenvalue weighted by Gasteiger charge is 2.13. The summed E-state index contributed by atoms with van der Waals surface area (Å²) >= 11 is 6.01. The van der Waals surface area contributed by atoms with Crippen LogP contribution in [0.3, 0.4) is 0 Å². The number of halogens is 1. The Labute approximate surface area is 192 Å². The largest absolute Gasteiger partial charge is 0.497 e. The Morgan fingerprint density at radius 2 is 1.78 bits per heavy atom. The monoisotopic (exact) mass is 445 g/mol. The van der Waals surface area contributed by atoms with Crippen LogP contribution in [0.4, 0.5) is 0 Å². The molecule has 1 amide bonds. The minimum atomic E-state index is -0.0229. The lowest BCUT2D eigenvalue weighted by atomic mass is 10.1. The van der Waals surface area contributed by atoms with Crippen molar-refractivity contribution in [3.05, 3.63) is 101 Å². The number of methoxy groups -OCH3 is 1. The molecule has 3 aromatic carbocycles. The van der Waals surface area contributed by atoms with Crippen molar-refractivity contribution in [2.45, 2.75) is 19.4 Å². The summed E-state index contributed by atoms with van der Waals surface area (Å²) in [6, 6.07) is 27.4. The lowest BCUT2D eigenvalue weighted by molar-refractivity contribution is -0.121. The third-order valence-corrected chi connectivity index (χ3v) is 5.37. The van der Waals surface area contributed by atoms with Gasteiger partial charge in [0, 0.05) is 30.0 Å². The fraction of sp³-hybridized carbons (Fsp3) is 0.154. The minimum Gasteiger partial charge on any atom is -0.497 e. The average molecular weight is 446 g/mol. The van der Waals surface area contributed by atoms with Crippen LogP contribution in [0, 0.1) is 0 Å². The van der Waals surface area contributed by atoms with Gasteiger partial charge < -0.3 is 10.1 Å². The molecule has 1 heterocycles. The second kappa shape index (κ2) is 10.2. The average Bonchev–Trinajstić information content (AvgIpc) is 3.26. The fourth-order valence-corrected chi connectivity index (χ4v) is 3.68. The maximum atomic E-state index is 12.4. The summed E-state index contributed by atoms with van der Waals surface area (Å²) in [6.45, 7) is 0.453. The van der Waals surface area contributed by atoms with Gasteiger partial charge in [-0.15, -0.1) is 0 Å². The molecule has 0 aliphatic rings. The standard InChI is InChI=1S/C26H24ClN3O2/c1-32-24-13-11-23(12-14-24)30-25(20-7-3-2-4-8-20)17-22(29-30)10-15-26(31)28-18-19-6-5-9-21(27)16-19/h2-9,11-14,16-17H,10,15,18H2,1H3,(H,28,31). The first-order valence-electron chi connectivity index (χ1n) is 10.4. The predicted octanol–water partition coefficient (Wildman–Crippen LogP) is 5.45. The van der Waals surface area contributed by atoms with Gasteiger partial charge in [-0.25, -0.2) is 4.68 Å². The number of amides is 1. The van der Waals surface area contributed by atoms with Crippen LogP contribution in [0.2, 0.25) is 5.02 Å². The highest BCUT2D eigenvalue weighted by molar-refractivity contribution is 6.30. The van der Waals surface area contributed by atoms with Crippen molar-refractivity contribution in [1.82, 2.24) is 15.1 Å². The fourth-order valence-electron chi connectivity index (χ4n) is 3.46. The van der Waals surface area contributed by atoms with Crippen LogP contribution in [-0.2, 0) is 17.8 Å². The first-order valence-corrected chi connectivity index (χ1v) is 10.8. The van der Waals surface area contributed by atoms with Crippen LogP contribution in [0.1, 0.15) is 17.7 Å². The zero-order valence-corrected chi connectivity index (χ0v) is 18.5. The van der Waals surface area contributed by atoms with Gasteiger partial charge in [-0.3, -0.25) is 4.79 Å². The highest BCUT2D eigenvalue weighted by Crippen LogP contribution is 2.25. The van der Waals surface area contributed by atoms with Crippen molar-refractivity contribution < 1.29 is 9.53 Å². The summed E-state index contributed by atoms with van der Waals surface area (Å²) in [5.74, 6) is 0.768. The van der Waals surface area contributed by atoms with Crippen LogP contribution in [-0.4, -0.2) is 22.8 Å². The molecule has 0 atom stereocenters. The molecule has 0 aliphatic carbocycles. The molecule has 0 fully saturated rings. The molecule has 0 bridgehead atoms. The zero-order chi connectivity index (χ0) is 22.3. The Kier molecular flexibility index (Phi) is 6.87. The molecule has 6 heteroatoms. The van der Waals surface area contributed by atoms with Crippen molar-refractivity contribution in [2.75, 3.05) is 7.11 Å². The maximum Gasteiger partial charge on any atom is 0.220 e. The number of hydrogen-bond acceptors (Lipinski definition) is 3. The van der Waals surface area contributed by atoms with Gasteiger partial charge in [-0.1, -0.05) is 54.1 Å². The van der Waals surface area contributed by atoms with Crippen molar-refractivity contribution in [3.63, 3.8) is 0 Å². The number of carbonyl (C=O) groups excluding carboxylic acids is 1. The molecular weight excluding hydrogens is 422 g/mol. The molecule has 1 aromatic heterocycles. The third-order valence-electron chi connectivity index (χ3n) is 5.13. The first-order chi connectivity index (χ1) is 15.6. The van der Waals surface area contributed by atoms with E-state index in [1.807, 2.05) is 77.5 Å². The molecule has 0 unspecified atom stereocenters. The van der Waals surface area contributed by atoms with Gasteiger partial charge in [0.25, 0.3) is 0 Å². The van der Waals surface area contributed by atoms with Crippen LogP contribution in [0.15, 0.2) is 84.9 Å². The first kappa shape index (κ1) is 21.7. The molecule has 1 N–H and O–H groups in total. The second-order valence-corrected chi connectivity index (χ2v) is 7.84. The van der Waals surface area contributed by atoms with Crippen LogP contribution in [0.5, 0.6) is 5.75 Å². The zero-order valence-electron chi connectivity index (χ0n) is 17.8. The lowest BCUT2D eigenvalue weighted by Crippen LogP contribution is -2.23. The van der Waals surface area contributed by atoms with Crippen LogP contribution >= 0.6 is 11.6 Å². The normalized spacial score (nSPS) is 10.7. The van der Waals surface area contributed by atoms with Crippen LogP contribution < -0.4 is 10.1 Å². The molecule has 162 valence electrons. The van der Waals surface area contributed by atoms with E-state index < -0.39 is 0 Å². The molecule has 0 spiro atoms. The van der Waals surface area contributed by atoms with Gasteiger partial charge in [0.2, 0.25) is 5.91 Å². The molecular formula is C26H24ClN3O2. The number of carbonyl (C=O) groups is 1. The summed E-state index contributed by atoms with van der Waals surface area (Å²) < 4.78 is 7.18. The number of rotatable bonds is 8. The number of aryl methyl sites for hydroxylation is 1. The second-order valence-electron chi connectivity index (χ2n) is 7.40. The molecule has 4 aromatic rings. The van der Waals surface area contributed by atoms with E-state index in [4.69, 9.17) is 21.4 Å². The quantitative estimate of drug-likeness (QED) is 0.392. The predicted molar refractivity (Wildman–Crippen MR) is 127 cm³/mol. The molecule has 0 radical (unpaired) electrons. The van der Waals surface area contributed by atoms with Gasteiger partial charge in [-0.05, 0) is 48.0 Å². The summed E-state index contributed by atoms with van der Waals surface area (Å²) in [5, 5.41) is 8.40. The molecule has 4 rings (SSSR count). The van der Waals surface area contributed by atoms with Crippen molar-refractivity contribution in [1.29, 1.82) is 0 Å². The van der Waals surface area contributed by atoms with Gasteiger partial charge in [0.05, 0.1) is 24.2 Å². The third kappa shape index (κ3) is 5.37. The molecule has 5 nitrogen and oxygen atoms in total. The number of ether oxygens (including phenoxy) is 1. The Morgan fingerprint density at radius 1 is 1.00 bits per heavy atom. The Morgan fingerprint density at radius 3 is 2.50 bits per heavy atom. The van der Waals surface area contributed by atoms with Gasteiger partial charge in [0.1, 0.15) is 5.75 Å². The summed E-state index contributed by atoms with van der Waals surface area (Å²) in [6.07, 6.45) is 0.902. The van der Waals surface area contributed by atoms with Gasteiger partial charge in [0.15, 0.2) is 0 Å². The smallest absolute Gasteiger partial charge is 0.220 e. The van der Waals surface area contributed by atoms with Crippen molar-refractivity contribution in [3.8, 4) is 22.7 Å². The highest BCUT2D eigenvalue weighted by atomic mass is 35.5.